The lowest BCUT2D eigenvalue weighted by Crippen LogP contribution is -2.08. The molecule has 7 heteroatoms. The Morgan fingerprint density at radius 1 is 0.857 bits per heavy atom. The Balaban J connectivity index is 1.57. The van der Waals surface area contributed by atoms with E-state index in [0.717, 1.165) is 51.2 Å². The molecular formula is C35H32Cl2N4O. The number of pyridine rings is 2. The SMILES string of the molecule is CC/C=C(/Cl)c1cc(-c2cccc(NC(=O)C#C/C(CC)=C(\Cl)c3cc(-c4cccc(N)c4)cnc3C)c2)cnc1C. The Labute approximate surface area is 257 Å². The van der Waals surface area contributed by atoms with Crippen LogP contribution in [0, 0.1) is 25.7 Å². The molecule has 0 spiro atoms. The number of benzene rings is 2. The van der Waals surface area contributed by atoms with E-state index in [9.17, 15) is 4.79 Å². The number of halogens is 2. The van der Waals surface area contributed by atoms with E-state index in [0.29, 0.717) is 33.4 Å². The number of carbonyl (C=O) groups is 1. The number of aryl methyl sites for hydroxylation is 2. The molecular weight excluding hydrogens is 563 g/mol. The Kier molecular flexibility index (Phi) is 10.2. The van der Waals surface area contributed by atoms with Crippen LogP contribution in [0.4, 0.5) is 11.4 Å². The van der Waals surface area contributed by atoms with E-state index < -0.39 is 5.91 Å². The zero-order valence-electron chi connectivity index (χ0n) is 24.1. The fraction of sp³-hybridized carbons (Fsp3) is 0.171. The van der Waals surface area contributed by atoms with E-state index in [1.54, 1.807) is 12.4 Å². The van der Waals surface area contributed by atoms with Gasteiger partial charge in [0, 0.05) is 73.9 Å². The number of carbonyl (C=O) groups excluding carboxylic acids is 1. The van der Waals surface area contributed by atoms with Gasteiger partial charge in [-0.25, -0.2) is 0 Å². The first-order valence-corrected chi connectivity index (χ1v) is 14.4. The fourth-order valence-electron chi connectivity index (χ4n) is 4.39. The number of hydrogen-bond donors (Lipinski definition) is 2. The second kappa shape index (κ2) is 14.0. The van der Waals surface area contributed by atoms with Crippen molar-refractivity contribution in [3.8, 4) is 34.1 Å². The molecule has 1 amide bonds. The van der Waals surface area contributed by atoms with Crippen LogP contribution in [-0.2, 0) is 4.79 Å². The number of nitrogens with two attached hydrogens (primary N) is 1. The van der Waals surface area contributed by atoms with Crippen LogP contribution in [0.15, 0.2) is 84.7 Å². The number of allylic oxidation sites excluding steroid dienone is 2. The third kappa shape index (κ3) is 7.47. The van der Waals surface area contributed by atoms with E-state index in [4.69, 9.17) is 28.9 Å². The summed E-state index contributed by atoms with van der Waals surface area (Å²) in [4.78, 5) is 21.9. The molecule has 2 aromatic heterocycles. The van der Waals surface area contributed by atoms with Gasteiger partial charge in [0.05, 0.1) is 5.03 Å². The summed E-state index contributed by atoms with van der Waals surface area (Å²) in [5, 5.41) is 4.00. The van der Waals surface area contributed by atoms with Gasteiger partial charge in [0.25, 0.3) is 0 Å². The highest BCUT2D eigenvalue weighted by Crippen LogP contribution is 2.31. The molecule has 2 heterocycles. The number of nitrogen functional groups attached to an aromatic ring is 1. The van der Waals surface area contributed by atoms with Crippen molar-refractivity contribution in [2.75, 3.05) is 11.1 Å². The van der Waals surface area contributed by atoms with Gasteiger partial charge in [-0.1, -0.05) is 73.3 Å². The lowest BCUT2D eigenvalue weighted by atomic mass is 10.0. The molecule has 0 unspecified atom stereocenters. The van der Waals surface area contributed by atoms with Crippen LogP contribution in [0.2, 0.25) is 0 Å². The van der Waals surface area contributed by atoms with Crippen molar-refractivity contribution in [2.45, 2.75) is 40.5 Å². The molecule has 0 radical (unpaired) electrons. The average Bonchev–Trinajstić information content (AvgIpc) is 2.98. The maximum absolute atomic E-state index is 12.8. The van der Waals surface area contributed by atoms with Crippen molar-refractivity contribution < 1.29 is 4.79 Å². The van der Waals surface area contributed by atoms with Crippen molar-refractivity contribution in [1.82, 2.24) is 9.97 Å². The minimum Gasteiger partial charge on any atom is -0.399 e. The molecule has 0 bridgehead atoms. The molecule has 0 saturated carbocycles. The maximum Gasteiger partial charge on any atom is 0.300 e. The summed E-state index contributed by atoms with van der Waals surface area (Å²) in [5.41, 5.74) is 14.8. The number of nitrogens with zero attached hydrogens (tertiary/aromatic N) is 2. The van der Waals surface area contributed by atoms with Crippen LogP contribution in [0.3, 0.4) is 0 Å². The minimum absolute atomic E-state index is 0.442. The summed E-state index contributed by atoms with van der Waals surface area (Å²) < 4.78 is 0. The van der Waals surface area contributed by atoms with E-state index in [2.05, 4.69) is 27.1 Å². The Bertz CT molecular complexity index is 1760. The number of nitrogens with one attached hydrogen (secondary N) is 1. The zero-order valence-corrected chi connectivity index (χ0v) is 25.6. The van der Waals surface area contributed by atoms with Crippen LogP contribution in [-0.4, -0.2) is 15.9 Å². The molecule has 5 nitrogen and oxygen atoms in total. The zero-order chi connectivity index (χ0) is 30.2. The summed E-state index contributed by atoms with van der Waals surface area (Å²) >= 11 is 13.3. The largest absolute Gasteiger partial charge is 0.399 e. The summed E-state index contributed by atoms with van der Waals surface area (Å²) in [6.45, 7) is 7.81. The molecule has 3 N–H and O–H groups in total. The quantitative estimate of drug-likeness (QED) is 0.165. The summed E-state index contributed by atoms with van der Waals surface area (Å²) in [7, 11) is 0. The van der Waals surface area contributed by atoms with E-state index in [1.807, 2.05) is 94.4 Å². The van der Waals surface area contributed by atoms with Crippen LogP contribution in [0.5, 0.6) is 0 Å². The van der Waals surface area contributed by atoms with Crippen LogP contribution >= 0.6 is 23.2 Å². The lowest BCUT2D eigenvalue weighted by Gasteiger charge is -2.10. The summed E-state index contributed by atoms with van der Waals surface area (Å²) in [5.74, 6) is 5.23. The number of aromatic nitrogens is 2. The number of amides is 1. The second-order valence-corrected chi connectivity index (χ2v) is 10.5. The topological polar surface area (TPSA) is 80.9 Å². The van der Waals surface area contributed by atoms with E-state index in [1.165, 1.54) is 0 Å². The lowest BCUT2D eigenvalue weighted by molar-refractivity contribution is -0.111. The highest BCUT2D eigenvalue weighted by Gasteiger charge is 2.12. The molecule has 0 fully saturated rings. The van der Waals surface area contributed by atoms with Crippen LogP contribution < -0.4 is 11.1 Å². The number of rotatable bonds is 7. The first kappa shape index (κ1) is 30.6. The normalized spacial score (nSPS) is 11.8. The van der Waals surface area contributed by atoms with Crippen molar-refractivity contribution in [1.29, 1.82) is 0 Å². The van der Waals surface area contributed by atoms with Gasteiger partial charge in [-0.05, 0) is 74.2 Å². The smallest absolute Gasteiger partial charge is 0.300 e. The molecule has 4 rings (SSSR count). The molecule has 42 heavy (non-hydrogen) atoms. The Morgan fingerprint density at radius 3 is 2.12 bits per heavy atom. The van der Waals surface area contributed by atoms with Gasteiger partial charge in [0.1, 0.15) is 0 Å². The van der Waals surface area contributed by atoms with Crippen molar-refractivity contribution in [3.63, 3.8) is 0 Å². The van der Waals surface area contributed by atoms with Gasteiger partial charge < -0.3 is 11.1 Å². The van der Waals surface area contributed by atoms with Gasteiger partial charge in [-0.15, -0.1) is 0 Å². The van der Waals surface area contributed by atoms with Crippen molar-refractivity contribution >= 4 is 50.5 Å². The second-order valence-electron chi connectivity index (χ2n) is 9.73. The van der Waals surface area contributed by atoms with Crippen molar-refractivity contribution in [3.05, 3.63) is 107 Å². The predicted molar refractivity (Wildman–Crippen MR) is 177 cm³/mol. The van der Waals surface area contributed by atoms with Gasteiger partial charge in [0.15, 0.2) is 0 Å². The van der Waals surface area contributed by atoms with Gasteiger partial charge in [-0.2, -0.15) is 0 Å². The average molecular weight is 596 g/mol. The maximum atomic E-state index is 12.8. The third-order valence-corrected chi connectivity index (χ3v) is 7.46. The molecule has 0 saturated heterocycles. The van der Waals surface area contributed by atoms with Crippen LogP contribution in [0.1, 0.15) is 49.2 Å². The van der Waals surface area contributed by atoms with Gasteiger partial charge in [-0.3, -0.25) is 14.8 Å². The third-order valence-electron chi connectivity index (χ3n) is 6.67. The molecule has 0 aliphatic rings. The molecule has 4 aromatic rings. The van der Waals surface area contributed by atoms with Crippen LogP contribution in [0.25, 0.3) is 32.3 Å². The molecule has 0 aliphatic heterocycles. The molecule has 0 aliphatic carbocycles. The monoisotopic (exact) mass is 594 g/mol. The first-order valence-electron chi connectivity index (χ1n) is 13.7. The Morgan fingerprint density at radius 2 is 1.48 bits per heavy atom. The summed E-state index contributed by atoms with van der Waals surface area (Å²) in [6, 6.07) is 19.1. The minimum atomic E-state index is -0.442. The van der Waals surface area contributed by atoms with Gasteiger partial charge in [0.2, 0.25) is 0 Å². The van der Waals surface area contributed by atoms with Crippen molar-refractivity contribution in [2.24, 2.45) is 0 Å². The highest BCUT2D eigenvalue weighted by molar-refractivity contribution is 6.50. The number of hydrogen-bond acceptors (Lipinski definition) is 4. The highest BCUT2D eigenvalue weighted by atomic mass is 35.5. The standard InChI is InChI=1S/C35H32Cl2N4O/c1-5-9-33(36)31-18-27(20-39-22(31)3)26-11-8-13-30(17-26)41-34(42)15-14-24(6-2)35(37)32-19-28(21-40-23(32)4)25-10-7-12-29(38)16-25/h7-13,16-21H,5-6,38H2,1-4H3,(H,41,42)/b33-9+,35-24-. The number of anilines is 2. The molecule has 2 aromatic carbocycles. The predicted octanol–water partition coefficient (Wildman–Crippen LogP) is 9.00. The fourth-order valence-corrected chi connectivity index (χ4v) is 5.10. The molecule has 0 atom stereocenters. The Hall–Kier alpha value is -4.37. The van der Waals surface area contributed by atoms with E-state index >= 15 is 0 Å². The first-order chi connectivity index (χ1) is 20.2. The van der Waals surface area contributed by atoms with Gasteiger partial charge >= 0.3 is 5.91 Å². The van der Waals surface area contributed by atoms with E-state index in [-0.39, 0.29) is 0 Å². The molecule has 212 valence electrons. The summed E-state index contributed by atoms with van der Waals surface area (Å²) in [6.07, 6.45) is 6.94.